The molecular weight excluding hydrogens is 298 g/mol. The van der Waals surface area contributed by atoms with Crippen LogP contribution in [0, 0.1) is 0 Å². The van der Waals surface area contributed by atoms with Crippen LogP contribution in [0.4, 0.5) is 0 Å². The summed E-state index contributed by atoms with van der Waals surface area (Å²) in [6, 6.07) is 5.84. The Hall–Kier alpha value is -1.64. The van der Waals surface area contributed by atoms with Crippen molar-refractivity contribution in [3.8, 4) is 5.75 Å². The Kier molecular flexibility index (Phi) is 5.16. The largest absolute Gasteiger partial charge is 0.493 e. The molecule has 0 aliphatic carbocycles. The van der Waals surface area contributed by atoms with E-state index in [1.54, 1.807) is 0 Å². The third-order valence-electron chi connectivity index (χ3n) is 2.94. The predicted octanol–water partition coefficient (Wildman–Crippen LogP) is 1.26. The van der Waals surface area contributed by atoms with Crippen LogP contribution in [-0.4, -0.2) is 43.7 Å². The summed E-state index contributed by atoms with van der Waals surface area (Å²) in [6.45, 7) is 0.783. The van der Waals surface area contributed by atoms with Gasteiger partial charge in [-0.2, -0.15) is 0 Å². The fourth-order valence-corrected chi connectivity index (χ4v) is 3.14. The number of hydroxylamine groups is 1. The van der Waals surface area contributed by atoms with Crippen LogP contribution in [-0.2, 0) is 19.7 Å². The first-order valence-electron chi connectivity index (χ1n) is 6.60. The van der Waals surface area contributed by atoms with Crippen molar-refractivity contribution >= 4 is 16.0 Å². The van der Waals surface area contributed by atoms with Crippen LogP contribution in [0.3, 0.4) is 0 Å². The van der Waals surface area contributed by atoms with Gasteiger partial charge in [-0.15, -0.1) is 0 Å². The second kappa shape index (κ2) is 6.88. The van der Waals surface area contributed by atoms with Crippen LogP contribution in [0.5, 0.6) is 5.75 Å². The van der Waals surface area contributed by atoms with E-state index >= 15 is 0 Å². The van der Waals surface area contributed by atoms with Gasteiger partial charge in [0.1, 0.15) is 5.75 Å². The standard InChI is InChI=1S/C13H17NO6S/c15-13(16)7-10-19-11-3-5-12(6-4-11)21(17,18)14-8-1-2-9-20-14/h3-6H,1-2,7-10H2,(H,15,16). The number of benzene rings is 1. The van der Waals surface area contributed by atoms with E-state index in [2.05, 4.69) is 0 Å². The highest BCUT2D eigenvalue weighted by Gasteiger charge is 2.27. The molecule has 1 N–H and O–H groups in total. The molecule has 1 aliphatic rings. The monoisotopic (exact) mass is 315 g/mol. The highest BCUT2D eigenvalue weighted by Crippen LogP contribution is 2.22. The normalized spacial score (nSPS) is 16.6. The molecule has 0 saturated carbocycles. The van der Waals surface area contributed by atoms with Gasteiger partial charge in [-0.1, -0.05) is 4.47 Å². The highest BCUT2D eigenvalue weighted by atomic mass is 32.2. The molecular formula is C13H17NO6S. The topological polar surface area (TPSA) is 93.1 Å². The smallest absolute Gasteiger partial charge is 0.306 e. The first-order valence-corrected chi connectivity index (χ1v) is 8.04. The number of sulfonamides is 1. The van der Waals surface area contributed by atoms with Gasteiger partial charge in [0.25, 0.3) is 10.0 Å². The summed E-state index contributed by atoms with van der Waals surface area (Å²) < 4.78 is 30.8. The third kappa shape index (κ3) is 4.16. The summed E-state index contributed by atoms with van der Waals surface area (Å²) in [4.78, 5) is 15.7. The van der Waals surface area contributed by atoms with Crippen molar-refractivity contribution in [3.05, 3.63) is 24.3 Å². The molecule has 8 heteroatoms. The van der Waals surface area contributed by atoms with Crippen LogP contribution in [0.15, 0.2) is 29.2 Å². The molecule has 116 valence electrons. The second-order valence-electron chi connectivity index (χ2n) is 4.54. The van der Waals surface area contributed by atoms with E-state index in [1.807, 2.05) is 0 Å². The van der Waals surface area contributed by atoms with E-state index in [1.165, 1.54) is 24.3 Å². The number of carboxylic acids is 1. The molecule has 0 aromatic heterocycles. The Bertz CT molecular complexity index is 577. The van der Waals surface area contributed by atoms with Gasteiger partial charge in [0.05, 0.1) is 24.5 Å². The quantitative estimate of drug-likeness (QED) is 0.849. The predicted molar refractivity (Wildman–Crippen MR) is 73.3 cm³/mol. The second-order valence-corrected chi connectivity index (χ2v) is 6.36. The van der Waals surface area contributed by atoms with Gasteiger partial charge in [-0.3, -0.25) is 9.63 Å². The minimum atomic E-state index is -3.65. The van der Waals surface area contributed by atoms with Gasteiger partial charge in [-0.05, 0) is 37.1 Å². The molecule has 0 radical (unpaired) electrons. The molecule has 1 saturated heterocycles. The number of carboxylic acid groups (broad SMARTS) is 1. The molecule has 1 aromatic carbocycles. The van der Waals surface area contributed by atoms with E-state index in [0.717, 1.165) is 17.3 Å². The Labute approximate surface area is 123 Å². The molecule has 1 aliphatic heterocycles. The first-order chi connectivity index (χ1) is 10.00. The van der Waals surface area contributed by atoms with E-state index in [9.17, 15) is 13.2 Å². The maximum Gasteiger partial charge on any atom is 0.306 e. The number of rotatable bonds is 6. The lowest BCUT2D eigenvalue weighted by molar-refractivity contribution is -0.137. The van der Waals surface area contributed by atoms with E-state index in [0.29, 0.717) is 18.9 Å². The van der Waals surface area contributed by atoms with Gasteiger partial charge in [-0.25, -0.2) is 8.42 Å². The van der Waals surface area contributed by atoms with E-state index < -0.39 is 16.0 Å². The first kappa shape index (κ1) is 15.7. The number of hydrogen-bond acceptors (Lipinski definition) is 5. The van der Waals surface area contributed by atoms with E-state index in [4.69, 9.17) is 14.7 Å². The number of aliphatic carboxylic acids is 1. The van der Waals surface area contributed by atoms with Gasteiger partial charge in [0.15, 0.2) is 0 Å². The summed E-state index contributed by atoms with van der Waals surface area (Å²) in [6.07, 6.45) is 1.51. The summed E-state index contributed by atoms with van der Waals surface area (Å²) in [5.41, 5.74) is 0. The molecule has 0 atom stereocenters. The van der Waals surface area contributed by atoms with Crippen molar-refractivity contribution < 1.29 is 27.9 Å². The Morgan fingerprint density at radius 2 is 2.00 bits per heavy atom. The molecule has 0 spiro atoms. The maximum atomic E-state index is 12.3. The number of nitrogens with zero attached hydrogens (tertiary/aromatic N) is 1. The fraction of sp³-hybridized carbons (Fsp3) is 0.462. The summed E-state index contributed by atoms with van der Waals surface area (Å²) in [5, 5.41) is 8.51. The zero-order valence-electron chi connectivity index (χ0n) is 11.4. The lowest BCUT2D eigenvalue weighted by atomic mass is 10.3. The summed E-state index contributed by atoms with van der Waals surface area (Å²) in [7, 11) is -3.65. The van der Waals surface area contributed by atoms with Crippen molar-refractivity contribution in [2.45, 2.75) is 24.2 Å². The van der Waals surface area contributed by atoms with Crippen LogP contribution in [0.2, 0.25) is 0 Å². The lowest BCUT2D eigenvalue weighted by Gasteiger charge is -2.25. The Morgan fingerprint density at radius 1 is 1.29 bits per heavy atom. The number of carbonyl (C=O) groups is 1. The minimum absolute atomic E-state index is 0.0384. The van der Waals surface area contributed by atoms with Crippen LogP contribution < -0.4 is 4.74 Å². The molecule has 0 amide bonds. The highest BCUT2D eigenvalue weighted by molar-refractivity contribution is 7.89. The molecule has 0 unspecified atom stereocenters. The number of ether oxygens (including phenoxy) is 1. The molecule has 21 heavy (non-hydrogen) atoms. The average Bonchev–Trinajstić information content (AvgIpc) is 2.48. The molecule has 0 bridgehead atoms. The van der Waals surface area contributed by atoms with Crippen molar-refractivity contribution in [1.82, 2.24) is 4.47 Å². The Balaban J connectivity index is 2.02. The molecule has 7 nitrogen and oxygen atoms in total. The maximum absolute atomic E-state index is 12.3. The molecule has 1 heterocycles. The SMILES string of the molecule is O=C(O)CCOc1ccc(S(=O)(=O)N2CCCCO2)cc1. The zero-order chi connectivity index (χ0) is 15.3. The van der Waals surface area contributed by atoms with Crippen molar-refractivity contribution in [2.75, 3.05) is 19.8 Å². The average molecular weight is 315 g/mol. The Morgan fingerprint density at radius 3 is 2.57 bits per heavy atom. The molecule has 1 aromatic rings. The van der Waals surface area contributed by atoms with Crippen molar-refractivity contribution in [1.29, 1.82) is 0 Å². The zero-order valence-corrected chi connectivity index (χ0v) is 12.2. The van der Waals surface area contributed by atoms with Crippen LogP contribution in [0.25, 0.3) is 0 Å². The van der Waals surface area contributed by atoms with Crippen LogP contribution >= 0.6 is 0 Å². The van der Waals surface area contributed by atoms with Crippen LogP contribution in [0.1, 0.15) is 19.3 Å². The van der Waals surface area contributed by atoms with Gasteiger partial charge < -0.3 is 9.84 Å². The fourth-order valence-electron chi connectivity index (χ4n) is 1.85. The lowest BCUT2D eigenvalue weighted by Crippen LogP contribution is -2.35. The summed E-state index contributed by atoms with van der Waals surface area (Å²) >= 11 is 0. The van der Waals surface area contributed by atoms with Gasteiger partial charge >= 0.3 is 5.97 Å². The van der Waals surface area contributed by atoms with Gasteiger partial charge in [0, 0.05) is 6.54 Å². The third-order valence-corrected chi connectivity index (χ3v) is 4.64. The number of hydrogen-bond donors (Lipinski definition) is 1. The van der Waals surface area contributed by atoms with Crippen molar-refractivity contribution in [3.63, 3.8) is 0 Å². The minimum Gasteiger partial charge on any atom is -0.493 e. The van der Waals surface area contributed by atoms with E-state index in [-0.39, 0.29) is 17.9 Å². The molecule has 2 rings (SSSR count). The summed E-state index contributed by atoms with van der Waals surface area (Å²) in [5.74, 6) is -0.522. The van der Waals surface area contributed by atoms with Gasteiger partial charge in [0.2, 0.25) is 0 Å². The molecule has 1 fully saturated rings. The van der Waals surface area contributed by atoms with Crippen molar-refractivity contribution in [2.24, 2.45) is 0 Å².